The van der Waals surface area contributed by atoms with Crippen molar-refractivity contribution in [2.45, 2.75) is 6.10 Å². The number of hydrogen-bond donors (Lipinski definition) is 2. The summed E-state index contributed by atoms with van der Waals surface area (Å²) in [4.78, 5) is 10.1. The van der Waals surface area contributed by atoms with Gasteiger partial charge in [0.05, 0.1) is 7.11 Å². The molecule has 0 fully saturated rings. The van der Waals surface area contributed by atoms with E-state index in [4.69, 9.17) is 9.84 Å². The number of carbonyl (C=O) groups is 1. The average molecular weight is 206 g/mol. The number of hydrogen-bond acceptors (Lipinski definition) is 3. The van der Waals surface area contributed by atoms with Crippen LogP contribution >= 0.6 is 0 Å². The summed E-state index contributed by atoms with van der Waals surface area (Å²) in [7, 11) is 1.54. The fourth-order valence-corrected chi connectivity index (χ4v) is 1.000. The summed E-state index contributed by atoms with van der Waals surface area (Å²) >= 11 is 0. The smallest absolute Gasteiger partial charge is 0.382 e. The van der Waals surface area contributed by atoms with E-state index in [9.17, 15) is 9.90 Å². The minimum Gasteiger partial charge on any atom is -0.497 e. The number of carboxylic acids is 1. The van der Waals surface area contributed by atoms with Crippen LogP contribution in [0.3, 0.4) is 0 Å². The Labute approximate surface area is 87.1 Å². The number of aliphatic hydroxyl groups is 1. The third-order valence-corrected chi connectivity index (χ3v) is 1.75. The average Bonchev–Trinajstić information content (AvgIpc) is 2.26. The van der Waals surface area contributed by atoms with Crippen molar-refractivity contribution in [3.8, 4) is 17.6 Å². The van der Waals surface area contributed by atoms with Crippen molar-refractivity contribution < 1.29 is 19.7 Å². The number of rotatable bonds is 2. The zero-order valence-corrected chi connectivity index (χ0v) is 8.10. The molecule has 1 rings (SSSR count). The Balaban J connectivity index is 2.79. The van der Waals surface area contributed by atoms with E-state index in [0.29, 0.717) is 11.3 Å². The highest BCUT2D eigenvalue weighted by molar-refractivity contribution is 5.86. The third-order valence-electron chi connectivity index (χ3n) is 1.75. The molecule has 78 valence electrons. The first-order valence-corrected chi connectivity index (χ1v) is 4.20. The lowest BCUT2D eigenvalue weighted by atomic mass is 10.1. The van der Waals surface area contributed by atoms with Crippen LogP contribution in [-0.2, 0) is 4.79 Å². The van der Waals surface area contributed by atoms with Crippen LogP contribution in [0, 0.1) is 11.8 Å². The first-order valence-electron chi connectivity index (χ1n) is 4.20. The molecule has 1 atom stereocenters. The van der Waals surface area contributed by atoms with Gasteiger partial charge in [0.1, 0.15) is 11.9 Å². The minimum absolute atomic E-state index is 0.532. The van der Waals surface area contributed by atoms with Crippen molar-refractivity contribution in [3.05, 3.63) is 29.8 Å². The van der Waals surface area contributed by atoms with Crippen molar-refractivity contribution in [2.75, 3.05) is 7.11 Å². The molecule has 4 nitrogen and oxygen atoms in total. The van der Waals surface area contributed by atoms with Crippen LogP contribution in [0.15, 0.2) is 24.3 Å². The van der Waals surface area contributed by atoms with E-state index in [0.717, 1.165) is 0 Å². The van der Waals surface area contributed by atoms with Crippen LogP contribution in [-0.4, -0.2) is 23.3 Å². The molecular formula is C11H10O4. The Morgan fingerprint density at radius 2 is 2.00 bits per heavy atom. The lowest BCUT2D eigenvalue weighted by Gasteiger charge is -2.04. The number of aliphatic hydroxyl groups excluding tert-OH is 1. The summed E-state index contributed by atoms with van der Waals surface area (Å²) in [5.74, 6) is 3.46. The molecule has 4 heteroatoms. The molecule has 0 aliphatic heterocycles. The van der Waals surface area contributed by atoms with Crippen molar-refractivity contribution >= 4 is 5.97 Å². The molecule has 0 spiro atoms. The molecule has 0 amide bonds. The fraction of sp³-hybridized carbons (Fsp3) is 0.182. The lowest BCUT2D eigenvalue weighted by Crippen LogP contribution is -1.96. The highest BCUT2D eigenvalue weighted by Crippen LogP contribution is 2.16. The van der Waals surface area contributed by atoms with E-state index in [1.807, 2.05) is 5.92 Å². The summed E-state index contributed by atoms with van der Waals surface area (Å²) in [5.41, 5.74) is 0.532. The van der Waals surface area contributed by atoms with Gasteiger partial charge in [0.15, 0.2) is 0 Å². The van der Waals surface area contributed by atoms with Gasteiger partial charge < -0.3 is 14.9 Å². The molecule has 0 saturated heterocycles. The number of carboxylic acid groups (broad SMARTS) is 1. The van der Waals surface area contributed by atoms with Gasteiger partial charge in [-0.05, 0) is 17.7 Å². The van der Waals surface area contributed by atoms with E-state index in [1.54, 1.807) is 24.3 Å². The predicted octanol–water partition coefficient (Wildman–Crippen LogP) is 0.817. The third kappa shape index (κ3) is 3.33. The van der Waals surface area contributed by atoms with Crippen molar-refractivity contribution in [3.63, 3.8) is 0 Å². The molecule has 1 aromatic rings. The van der Waals surface area contributed by atoms with Crippen LogP contribution in [0.25, 0.3) is 0 Å². The standard InChI is InChI=1S/C11H10O4/c1-15-9-4-2-8(3-5-9)10(12)6-7-11(13)14/h2-5,10,12H,1H3,(H,13,14). The molecule has 0 aliphatic carbocycles. The molecule has 2 N–H and O–H groups in total. The summed E-state index contributed by atoms with van der Waals surface area (Å²) in [5, 5.41) is 17.7. The quantitative estimate of drug-likeness (QED) is 0.703. The zero-order valence-electron chi connectivity index (χ0n) is 8.10. The van der Waals surface area contributed by atoms with E-state index in [-0.39, 0.29) is 0 Å². The maximum atomic E-state index is 10.1. The largest absolute Gasteiger partial charge is 0.497 e. The van der Waals surface area contributed by atoms with Gasteiger partial charge >= 0.3 is 5.97 Å². The van der Waals surface area contributed by atoms with Crippen LogP contribution in [0.5, 0.6) is 5.75 Å². The molecule has 0 radical (unpaired) electrons. The van der Waals surface area contributed by atoms with Gasteiger partial charge in [0.25, 0.3) is 0 Å². The van der Waals surface area contributed by atoms with E-state index in [1.165, 1.54) is 7.11 Å². The van der Waals surface area contributed by atoms with Crippen molar-refractivity contribution in [2.24, 2.45) is 0 Å². The summed E-state index contributed by atoms with van der Waals surface area (Å²) in [6, 6.07) is 6.59. The maximum Gasteiger partial charge on any atom is 0.382 e. The SMILES string of the molecule is COc1ccc(C(O)C#CC(=O)O)cc1. The second-order valence-electron chi connectivity index (χ2n) is 2.75. The summed E-state index contributed by atoms with van der Waals surface area (Å²) in [6.45, 7) is 0. The first kappa shape index (κ1) is 11.1. The second-order valence-corrected chi connectivity index (χ2v) is 2.75. The van der Waals surface area contributed by atoms with Gasteiger partial charge in [-0.3, -0.25) is 0 Å². The van der Waals surface area contributed by atoms with Gasteiger partial charge in [-0.25, -0.2) is 4.79 Å². The van der Waals surface area contributed by atoms with E-state index >= 15 is 0 Å². The molecule has 1 aromatic carbocycles. The Bertz CT molecular complexity index is 397. The number of methoxy groups -OCH3 is 1. The molecule has 0 heterocycles. The number of benzene rings is 1. The van der Waals surface area contributed by atoms with Gasteiger partial charge in [-0.15, -0.1) is 0 Å². The van der Waals surface area contributed by atoms with Crippen LogP contribution in [0.2, 0.25) is 0 Å². The molecule has 0 aliphatic rings. The Morgan fingerprint density at radius 3 is 2.47 bits per heavy atom. The van der Waals surface area contributed by atoms with Crippen molar-refractivity contribution in [1.82, 2.24) is 0 Å². The summed E-state index contributed by atoms with van der Waals surface area (Å²) < 4.78 is 4.94. The number of ether oxygens (including phenoxy) is 1. The van der Waals surface area contributed by atoms with Gasteiger partial charge in [-0.1, -0.05) is 18.1 Å². The maximum absolute atomic E-state index is 10.1. The van der Waals surface area contributed by atoms with Crippen LogP contribution in [0.4, 0.5) is 0 Å². The Hall–Kier alpha value is -1.99. The molecule has 0 aromatic heterocycles. The molecular weight excluding hydrogens is 196 g/mol. The van der Waals surface area contributed by atoms with Gasteiger partial charge in [-0.2, -0.15) is 0 Å². The molecule has 15 heavy (non-hydrogen) atoms. The summed E-state index contributed by atoms with van der Waals surface area (Å²) in [6.07, 6.45) is -1.09. The second kappa shape index (κ2) is 5.03. The lowest BCUT2D eigenvalue weighted by molar-refractivity contribution is -0.130. The molecule has 1 unspecified atom stereocenters. The Morgan fingerprint density at radius 1 is 1.40 bits per heavy atom. The monoisotopic (exact) mass is 206 g/mol. The predicted molar refractivity (Wildman–Crippen MR) is 53.4 cm³/mol. The highest BCUT2D eigenvalue weighted by atomic mass is 16.5. The van der Waals surface area contributed by atoms with Crippen LogP contribution in [0.1, 0.15) is 11.7 Å². The zero-order chi connectivity index (χ0) is 11.3. The van der Waals surface area contributed by atoms with Gasteiger partial charge in [0, 0.05) is 5.92 Å². The molecule has 0 bridgehead atoms. The first-order chi connectivity index (χ1) is 7.13. The Kier molecular flexibility index (Phi) is 3.72. The van der Waals surface area contributed by atoms with Crippen molar-refractivity contribution in [1.29, 1.82) is 0 Å². The highest BCUT2D eigenvalue weighted by Gasteiger charge is 2.03. The minimum atomic E-state index is -1.26. The van der Waals surface area contributed by atoms with Crippen LogP contribution < -0.4 is 4.74 Å². The van der Waals surface area contributed by atoms with Gasteiger partial charge in [0.2, 0.25) is 0 Å². The molecule has 0 saturated carbocycles. The normalized spacial score (nSPS) is 11.1. The fourth-order valence-electron chi connectivity index (χ4n) is 1.000. The van der Waals surface area contributed by atoms with E-state index in [2.05, 4.69) is 5.92 Å². The topological polar surface area (TPSA) is 66.8 Å². The number of aliphatic carboxylic acids is 1. The van der Waals surface area contributed by atoms with E-state index < -0.39 is 12.1 Å².